The monoisotopic (exact) mass is 187 g/mol. The molecule has 0 radical (unpaired) electrons. The van der Waals surface area contributed by atoms with Gasteiger partial charge in [0.1, 0.15) is 6.04 Å². The van der Waals surface area contributed by atoms with Crippen LogP contribution < -0.4 is 5.32 Å². The number of hydrogen-bond acceptors (Lipinski definition) is 5. The van der Waals surface area contributed by atoms with Crippen LogP contribution in [0.3, 0.4) is 0 Å². The van der Waals surface area contributed by atoms with E-state index in [1.165, 1.54) is 0 Å². The maximum Gasteiger partial charge on any atom is 0.415 e. The van der Waals surface area contributed by atoms with Gasteiger partial charge in [0.25, 0.3) is 0 Å². The molecule has 1 unspecified atom stereocenters. The summed E-state index contributed by atoms with van der Waals surface area (Å²) >= 11 is 0. The Balaban J connectivity index is 2.41. The van der Waals surface area contributed by atoms with Crippen molar-refractivity contribution in [2.75, 3.05) is 6.61 Å². The van der Waals surface area contributed by atoms with E-state index in [-0.39, 0.29) is 13.0 Å². The number of rotatable bonds is 3. The summed E-state index contributed by atoms with van der Waals surface area (Å²) in [5.74, 6) is -1.27. The highest BCUT2D eigenvalue weighted by Gasteiger charge is 2.34. The summed E-state index contributed by atoms with van der Waals surface area (Å²) in [7, 11) is 0. The minimum absolute atomic E-state index is 0.182. The van der Waals surface area contributed by atoms with E-state index in [4.69, 9.17) is 0 Å². The van der Waals surface area contributed by atoms with Crippen molar-refractivity contribution < 1.29 is 23.9 Å². The van der Waals surface area contributed by atoms with Crippen LogP contribution in [0.4, 0.5) is 4.79 Å². The maximum absolute atomic E-state index is 10.9. The lowest BCUT2D eigenvalue weighted by Crippen LogP contribution is -2.31. The van der Waals surface area contributed by atoms with E-state index in [1.54, 1.807) is 6.92 Å². The summed E-state index contributed by atoms with van der Waals surface area (Å²) in [4.78, 5) is 32.2. The van der Waals surface area contributed by atoms with Gasteiger partial charge in [0.2, 0.25) is 0 Å². The van der Waals surface area contributed by atoms with Crippen molar-refractivity contribution in [3.05, 3.63) is 0 Å². The van der Waals surface area contributed by atoms with Crippen LogP contribution in [-0.4, -0.2) is 30.7 Å². The second-order valence-electron chi connectivity index (χ2n) is 2.41. The quantitative estimate of drug-likeness (QED) is 0.479. The molecule has 6 nitrogen and oxygen atoms in total. The smallest absolute Gasteiger partial charge is 0.415 e. The third-order valence-corrected chi connectivity index (χ3v) is 1.45. The molecule has 1 atom stereocenters. The van der Waals surface area contributed by atoms with Gasteiger partial charge in [-0.3, -0.25) is 4.79 Å². The molecule has 0 aromatic carbocycles. The van der Waals surface area contributed by atoms with Crippen LogP contribution in [0.1, 0.15) is 13.3 Å². The lowest BCUT2D eigenvalue weighted by Gasteiger charge is -2.03. The zero-order valence-corrected chi connectivity index (χ0v) is 7.03. The van der Waals surface area contributed by atoms with Gasteiger partial charge in [-0.1, -0.05) is 0 Å². The molecule has 1 heterocycles. The number of carbonyl (C=O) groups excluding carboxylic acids is 3. The average molecular weight is 187 g/mol. The van der Waals surface area contributed by atoms with Crippen molar-refractivity contribution in [2.24, 2.45) is 0 Å². The predicted octanol–water partition coefficient (Wildman–Crippen LogP) is -0.425. The number of carbonyl (C=O) groups is 3. The minimum atomic E-state index is -0.897. The molecule has 1 rings (SSSR count). The van der Waals surface area contributed by atoms with E-state index >= 15 is 0 Å². The normalized spacial score (nSPS) is 20.8. The largest absolute Gasteiger partial charge is 0.466 e. The molecule has 1 amide bonds. The van der Waals surface area contributed by atoms with Crippen LogP contribution in [0.25, 0.3) is 0 Å². The van der Waals surface area contributed by atoms with Crippen molar-refractivity contribution in [3.63, 3.8) is 0 Å². The lowest BCUT2D eigenvalue weighted by molar-refractivity contribution is -0.147. The number of esters is 2. The molecule has 1 aliphatic rings. The Bertz CT molecular complexity index is 249. The highest BCUT2D eigenvalue weighted by Crippen LogP contribution is 2.05. The predicted molar refractivity (Wildman–Crippen MR) is 39.7 cm³/mol. The highest BCUT2D eigenvalue weighted by atomic mass is 16.6. The van der Waals surface area contributed by atoms with Gasteiger partial charge in [0.15, 0.2) is 0 Å². The molecule has 1 fully saturated rings. The van der Waals surface area contributed by atoms with Crippen molar-refractivity contribution >= 4 is 18.0 Å². The Morgan fingerprint density at radius 2 is 2.31 bits per heavy atom. The zero-order valence-electron chi connectivity index (χ0n) is 7.03. The van der Waals surface area contributed by atoms with E-state index in [1.807, 2.05) is 0 Å². The third kappa shape index (κ3) is 2.43. The molecule has 1 aliphatic heterocycles. The first-order chi connectivity index (χ1) is 6.13. The van der Waals surface area contributed by atoms with Crippen molar-refractivity contribution in [1.82, 2.24) is 5.32 Å². The Hall–Kier alpha value is -1.59. The van der Waals surface area contributed by atoms with Gasteiger partial charge in [0, 0.05) is 0 Å². The molecule has 0 aliphatic carbocycles. The fraction of sp³-hybridized carbons (Fsp3) is 0.571. The zero-order chi connectivity index (χ0) is 9.84. The molecule has 1 saturated heterocycles. The Labute approximate surface area is 74.2 Å². The van der Waals surface area contributed by atoms with Gasteiger partial charge in [0.05, 0.1) is 13.0 Å². The first kappa shape index (κ1) is 9.50. The molecule has 0 aromatic rings. The number of amides is 1. The van der Waals surface area contributed by atoms with Crippen LogP contribution in [0.2, 0.25) is 0 Å². The fourth-order valence-corrected chi connectivity index (χ4v) is 0.914. The van der Waals surface area contributed by atoms with E-state index in [2.05, 4.69) is 14.8 Å². The van der Waals surface area contributed by atoms with Crippen LogP contribution >= 0.6 is 0 Å². The molecular weight excluding hydrogens is 178 g/mol. The van der Waals surface area contributed by atoms with Gasteiger partial charge < -0.3 is 14.8 Å². The van der Waals surface area contributed by atoms with Gasteiger partial charge in [-0.15, -0.1) is 0 Å². The first-order valence-electron chi connectivity index (χ1n) is 3.81. The molecule has 6 heteroatoms. The van der Waals surface area contributed by atoms with Crippen LogP contribution in [0.5, 0.6) is 0 Å². The van der Waals surface area contributed by atoms with E-state index in [0.717, 1.165) is 0 Å². The Kier molecular flexibility index (Phi) is 2.84. The third-order valence-electron chi connectivity index (χ3n) is 1.45. The number of nitrogens with one attached hydrogen (secondary N) is 1. The van der Waals surface area contributed by atoms with Gasteiger partial charge in [-0.05, 0) is 6.92 Å². The van der Waals surface area contributed by atoms with Gasteiger partial charge in [-0.25, -0.2) is 9.59 Å². The molecular formula is C7H9NO5. The average Bonchev–Trinajstić information content (AvgIpc) is 2.30. The number of alkyl carbamates (subject to hydrolysis) is 1. The first-order valence-corrected chi connectivity index (χ1v) is 3.81. The molecule has 13 heavy (non-hydrogen) atoms. The Morgan fingerprint density at radius 1 is 1.62 bits per heavy atom. The molecule has 0 spiro atoms. The van der Waals surface area contributed by atoms with Crippen molar-refractivity contribution in [2.45, 2.75) is 19.4 Å². The second kappa shape index (κ2) is 3.88. The SMILES string of the molecule is CCOC(=O)CC1NC(=O)OC1=O. The summed E-state index contributed by atoms with van der Waals surface area (Å²) < 4.78 is 8.75. The summed E-state index contributed by atoms with van der Waals surface area (Å²) in [5.41, 5.74) is 0. The summed E-state index contributed by atoms with van der Waals surface area (Å²) in [6, 6.07) is -0.897. The second-order valence-corrected chi connectivity index (χ2v) is 2.41. The van der Waals surface area contributed by atoms with E-state index in [9.17, 15) is 14.4 Å². The Morgan fingerprint density at radius 3 is 2.77 bits per heavy atom. The lowest BCUT2D eigenvalue weighted by atomic mass is 10.2. The van der Waals surface area contributed by atoms with Crippen LogP contribution in [-0.2, 0) is 19.1 Å². The van der Waals surface area contributed by atoms with E-state index in [0.29, 0.717) is 0 Å². The molecule has 72 valence electrons. The van der Waals surface area contributed by atoms with Crippen LogP contribution in [0, 0.1) is 0 Å². The van der Waals surface area contributed by atoms with Crippen molar-refractivity contribution in [3.8, 4) is 0 Å². The summed E-state index contributed by atoms with van der Waals surface area (Å²) in [5, 5.41) is 2.18. The summed E-state index contributed by atoms with van der Waals surface area (Å²) in [6.45, 7) is 1.90. The van der Waals surface area contributed by atoms with Crippen molar-refractivity contribution in [1.29, 1.82) is 0 Å². The molecule has 0 bridgehead atoms. The molecule has 0 aromatic heterocycles. The van der Waals surface area contributed by atoms with E-state index < -0.39 is 24.1 Å². The standard InChI is InChI=1S/C7H9NO5/c1-2-12-5(9)3-4-6(10)13-7(11)8-4/h4H,2-3H2,1H3,(H,8,11). The number of cyclic esters (lactones) is 2. The number of hydrogen-bond donors (Lipinski definition) is 1. The van der Waals surface area contributed by atoms with Crippen LogP contribution in [0.15, 0.2) is 0 Å². The topological polar surface area (TPSA) is 81.7 Å². The summed E-state index contributed by atoms with van der Waals surface area (Å²) in [6.07, 6.45) is -1.00. The van der Waals surface area contributed by atoms with Gasteiger partial charge >= 0.3 is 18.0 Å². The maximum atomic E-state index is 10.9. The number of ether oxygens (including phenoxy) is 2. The minimum Gasteiger partial charge on any atom is -0.466 e. The van der Waals surface area contributed by atoms with Gasteiger partial charge in [-0.2, -0.15) is 0 Å². The molecule has 0 saturated carbocycles. The fourth-order valence-electron chi connectivity index (χ4n) is 0.914. The highest BCUT2D eigenvalue weighted by molar-refractivity contribution is 5.97. The molecule has 1 N–H and O–H groups in total.